The summed E-state index contributed by atoms with van der Waals surface area (Å²) in [7, 11) is -0.157. The molecule has 0 aromatic heterocycles. The Bertz CT molecular complexity index is 782. The first-order valence-electron chi connectivity index (χ1n) is 9.30. The molecule has 154 valence electrons. The Kier molecular flexibility index (Phi) is 6.06. The average Bonchev–Trinajstić information content (AvgIpc) is 2.83. The molecule has 28 heavy (non-hydrogen) atoms. The number of hydrogen-bond donors (Lipinski definition) is 0. The molecule has 1 amide bonds. The van der Waals surface area contributed by atoms with Crippen molar-refractivity contribution in [3.8, 4) is 0 Å². The molecule has 0 unspecified atom stereocenters. The lowest BCUT2D eigenvalue weighted by molar-refractivity contribution is -0.590. The van der Waals surface area contributed by atoms with Crippen LogP contribution >= 0.6 is 0 Å². The van der Waals surface area contributed by atoms with Gasteiger partial charge in [-0.3, -0.25) is 10.1 Å². The third-order valence-electron chi connectivity index (χ3n) is 4.46. The van der Waals surface area contributed by atoms with E-state index in [4.69, 9.17) is 9.47 Å². The maximum Gasteiger partial charge on any atom is 0.417 e. The lowest BCUT2D eigenvalue weighted by Gasteiger charge is -2.31. The van der Waals surface area contributed by atoms with E-state index < -0.39 is 31.5 Å². The van der Waals surface area contributed by atoms with Crippen LogP contribution in [0.4, 0.5) is 10.5 Å². The Morgan fingerprint density at radius 2 is 1.93 bits per heavy atom. The number of ether oxygens (including phenoxy) is 2. The van der Waals surface area contributed by atoms with Gasteiger partial charge in [-0.2, -0.15) is 0 Å². The van der Waals surface area contributed by atoms with Gasteiger partial charge in [-0.15, -0.1) is 0 Å². The zero-order chi connectivity index (χ0) is 21.3. The van der Waals surface area contributed by atoms with Crippen LogP contribution in [0.2, 0.25) is 19.6 Å². The van der Waals surface area contributed by atoms with Crippen LogP contribution in [0.15, 0.2) is 36.0 Å². The second-order valence-corrected chi connectivity index (χ2v) is 14.2. The van der Waals surface area contributed by atoms with Crippen LogP contribution in [-0.4, -0.2) is 38.0 Å². The number of nitrogens with zero attached hydrogens (tertiary/aromatic N) is 2. The monoisotopic (exact) mass is 406 g/mol. The number of methoxy groups -OCH3 is 1. The molecule has 0 fully saturated rings. The highest BCUT2D eigenvalue weighted by atomic mass is 28.3. The van der Waals surface area contributed by atoms with Gasteiger partial charge in [0.25, 0.3) is 5.54 Å². The molecule has 2 atom stereocenters. The summed E-state index contributed by atoms with van der Waals surface area (Å²) in [4.78, 5) is 26.3. The van der Waals surface area contributed by atoms with Gasteiger partial charge in [-0.1, -0.05) is 43.5 Å². The highest BCUT2D eigenvalue weighted by molar-refractivity contribution is 6.80. The van der Waals surface area contributed by atoms with Gasteiger partial charge in [-0.05, 0) is 32.9 Å². The number of nitro groups is 1. The lowest BCUT2D eigenvalue weighted by Crippen LogP contribution is -2.53. The Labute approximate surface area is 167 Å². The molecule has 0 radical (unpaired) electrons. The summed E-state index contributed by atoms with van der Waals surface area (Å²) in [6, 6.07) is 6.87. The summed E-state index contributed by atoms with van der Waals surface area (Å²) in [6.07, 6.45) is 0.209. The minimum Gasteiger partial charge on any atom is -0.443 e. The number of anilines is 1. The number of fused-ring (bicyclic) bond motifs is 1. The molecule has 0 aliphatic carbocycles. The van der Waals surface area contributed by atoms with Crippen LogP contribution in [0.25, 0.3) is 0 Å². The molecule has 7 nitrogen and oxygen atoms in total. The van der Waals surface area contributed by atoms with Crippen LogP contribution in [0.3, 0.4) is 0 Å². The highest BCUT2D eigenvalue weighted by Crippen LogP contribution is 2.49. The normalized spacial score (nSPS) is 22.4. The predicted molar refractivity (Wildman–Crippen MR) is 112 cm³/mol. The topological polar surface area (TPSA) is 81.9 Å². The first-order valence-corrected chi connectivity index (χ1v) is 12.9. The van der Waals surface area contributed by atoms with Crippen molar-refractivity contribution in [3.63, 3.8) is 0 Å². The van der Waals surface area contributed by atoms with Gasteiger partial charge in [0, 0.05) is 18.5 Å². The number of benzene rings is 1. The van der Waals surface area contributed by atoms with Gasteiger partial charge in [0.05, 0.1) is 19.3 Å². The SMILES string of the molecule is CO[C@H]1N(C(=O)OC(C)(C)C)c2ccccc2[C@@]1(C/C=C/[Si](C)(C)C)[N+](=O)[O-]. The van der Waals surface area contributed by atoms with Gasteiger partial charge >= 0.3 is 6.09 Å². The number of rotatable bonds is 5. The number of carbonyl (C=O) groups excluding carboxylic acids is 1. The van der Waals surface area contributed by atoms with Gasteiger partial charge in [0.2, 0.25) is 6.23 Å². The zero-order valence-corrected chi connectivity index (χ0v) is 18.7. The van der Waals surface area contributed by atoms with Crippen LogP contribution in [0.1, 0.15) is 32.8 Å². The number of para-hydroxylation sites is 1. The Morgan fingerprint density at radius 1 is 1.32 bits per heavy atom. The molecule has 1 aromatic rings. The quantitative estimate of drug-likeness (QED) is 0.402. The molecule has 1 aromatic carbocycles. The van der Waals surface area contributed by atoms with Crippen LogP contribution in [0, 0.1) is 10.1 Å². The molecular weight excluding hydrogens is 376 g/mol. The summed E-state index contributed by atoms with van der Waals surface area (Å²) in [6.45, 7) is 11.7. The molecule has 0 bridgehead atoms. The van der Waals surface area contributed by atoms with Crippen LogP contribution in [-0.2, 0) is 15.0 Å². The largest absolute Gasteiger partial charge is 0.443 e. The molecule has 0 N–H and O–H groups in total. The van der Waals surface area contributed by atoms with Crippen molar-refractivity contribution in [2.45, 2.75) is 64.2 Å². The lowest BCUT2D eigenvalue weighted by atomic mass is 9.87. The van der Waals surface area contributed by atoms with E-state index in [0.29, 0.717) is 11.3 Å². The third kappa shape index (κ3) is 4.28. The third-order valence-corrected chi connectivity index (χ3v) is 5.69. The first kappa shape index (κ1) is 22.1. The minimum absolute atomic E-state index is 0.124. The van der Waals surface area contributed by atoms with E-state index in [1.165, 1.54) is 12.0 Å². The van der Waals surface area contributed by atoms with E-state index in [1.54, 1.807) is 45.0 Å². The van der Waals surface area contributed by atoms with Crippen LogP contribution < -0.4 is 4.90 Å². The Hall–Kier alpha value is -2.19. The Morgan fingerprint density at radius 3 is 2.43 bits per heavy atom. The average molecular weight is 407 g/mol. The van der Waals surface area contributed by atoms with Gasteiger partial charge in [0.15, 0.2) is 0 Å². The molecule has 1 aliphatic rings. The maximum atomic E-state index is 12.9. The van der Waals surface area contributed by atoms with Crippen LogP contribution in [0.5, 0.6) is 0 Å². The fraction of sp³-hybridized carbons (Fsp3) is 0.550. The van der Waals surface area contributed by atoms with Crippen molar-refractivity contribution in [1.82, 2.24) is 0 Å². The van der Waals surface area contributed by atoms with Crippen molar-refractivity contribution in [3.05, 3.63) is 51.7 Å². The fourth-order valence-corrected chi connectivity index (χ4v) is 4.22. The van der Waals surface area contributed by atoms with Crippen molar-refractivity contribution >= 4 is 19.9 Å². The molecule has 0 saturated heterocycles. The van der Waals surface area contributed by atoms with Crippen molar-refractivity contribution in [2.75, 3.05) is 12.0 Å². The summed E-state index contributed by atoms with van der Waals surface area (Å²) < 4.78 is 11.1. The Balaban J connectivity index is 2.60. The molecule has 8 heteroatoms. The standard InChI is InChI=1S/C20H30N2O5Si/c1-19(2,3)27-18(23)21-16-12-9-8-11-15(16)20(22(24)25,17(21)26-4)13-10-14-28(5,6)7/h8-12,14,17H,13H2,1-7H3/b14-10+/t17-,20-/m1/s1. The van der Waals surface area contributed by atoms with Crippen molar-refractivity contribution < 1.29 is 19.2 Å². The number of carbonyl (C=O) groups is 1. The van der Waals surface area contributed by atoms with Gasteiger partial charge in [0.1, 0.15) is 5.60 Å². The fourth-order valence-electron chi connectivity index (χ4n) is 3.39. The van der Waals surface area contributed by atoms with Gasteiger partial charge in [-0.25, -0.2) is 9.69 Å². The minimum atomic E-state index is -1.60. The smallest absolute Gasteiger partial charge is 0.417 e. The van der Waals surface area contributed by atoms with E-state index in [1.807, 2.05) is 6.08 Å². The van der Waals surface area contributed by atoms with Crippen molar-refractivity contribution in [2.24, 2.45) is 0 Å². The second kappa shape index (κ2) is 7.67. The second-order valence-electron chi connectivity index (χ2n) is 9.11. The molecule has 0 spiro atoms. The molecule has 0 saturated carbocycles. The maximum absolute atomic E-state index is 12.9. The summed E-state index contributed by atoms with van der Waals surface area (Å²) in [5.74, 6) is 0. The molecule has 2 rings (SSSR count). The summed E-state index contributed by atoms with van der Waals surface area (Å²) in [5.41, 5.74) is 0.643. The van der Waals surface area contributed by atoms with E-state index in [2.05, 4.69) is 25.3 Å². The van der Waals surface area contributed by atoms with E-state index in [-0.39, 0.29) is 11.3 Å². The zero-order valence-electron chi connectivity index (χ0n) is 17.7. The molecule has 1 heterocycles. The summed E-state index contributed by atoms with van der Waals surface area (Å²) >= 11 is 0. The number of hydrogen-bond acceptors (Lipinski definition) is 5. The highest BCUT2D eigenvalue weighted by Gasteiger charge is 2.63. The van der Waals surface area contributed by atoms with Gasteiger partial charge < -0.3 is 9.47 Å². The summed E-state index contributed by atoms with van der Waals surface area (Å²) in [5, 5.41) is 12.4. The number of amides is 1. The first-order chi connectivity index (χ1) is 12.8. The predicted octanol–water partition coefficient (Wildman–Crippen LogP) is 4.71. The van der Waals surface area contributed by atoms with Crippen molar-refractivity contribution in [1.29, 1.82) is 0 Å². The molecular formula is C20H30N2O5Si. The van der Waals surface area contributed by atoms with E-state index in [0.717, 1.165) is 0 Å². The van der Waals surface area contributed by atoms with E-state index >= 15 is 0 Å². The van der Waals surface area contributed by atoms with E-state index in [9.17, 15) is 14.9 Å². The molecule has 1 aliphatic heterocycles.